The lowest BCUT2D eigenvalue weighted by atomic mass is 10.0. The van der Waals surface area contributed by atoms with E-state index < -0.39 is 60.2 Å². The SMILES string of the molecule is CCCCCCCCCCCC(=O)O[C@H]([C@H](OC(=O)CCCCCCCCCCC)[C@H](OC(=O)CCCCCCCCCCC)C(=O)OCCOC)[C@@H](OC(=O)CCCCCCCCCCC)C(=O)O. The lowest BCUT2D eigenvalue weighted by Crippen LogP contribution is -2.56. The van der Waals surface area contributed by atoms with Gasteiger partial charge in [0.15, 0.2) is 12.2 Å². The van der Waals surface area contributed by atoms with Crippen LogP contribution in [0.2, 0.25) is 0 Å². The Morgan fingerprint density at radius 1 is 0.329 bits per heavy atom. The number of hydrogen-bond donors (Lipinski definition) is 1. The van der Waals surface area contributed by atoms with Gasteiger partial charge in [-0.3, -0.25) is 19.2 Å². The van der Waals surface area contributed by atoms with Crippen LogP contribution in [-0.4, -0.2) is 85.7 Å². The topological polar surface area (TPSA) is 178 Å². The zero-order valence-corrected chi connectivity index (χ0v) is 45.4. The zero-order valence-electron chi connectivity index (χ0n) is 45.4. The van der Waals surface area contributed by atoms with Crippen LogP contribution in [0.5, 0.6) is 0 Å². The first-order valence-electron chi connectivity index (χ1n) is 28.7. The third-order valence-corrected chi connectivity index (χ3v) is 12.9. The fourth-order valence-corrected chi connectivity index (χ4v) is 8.56. The number of carbonyl (C=O) groups is 6. The van der Waals surface area contributed by atoms with Crippen molar-refractivity contribution in [2.75, 3.05) is 20.3 Å². The van der Waals surface area contributed by atoms with E-state index in [9.17, 15) is 33.9 Å². The van der Waals surface area contributed by atoms with Gasteiger partial charge in [0.05, 0.1) is 6.61 Å². The summed E-state index contributed by atoms with van der Waals surface area (Å²) in [7, 11) is 1.41. The minimum Gasteiger partial charge on any atom is -0.478 e. The Morgan fingerprint density at radius 2 is 0.571 bits per heavy atom. The zero-order chi connectivity index (χ0) is 51.7. The smallest absolute Gasteiger partial charge is 0.351 e. The lowest BCUT2D eigenvalue weighted by Gasteiger charge is -2.34. The number of carboxylic acid groups (broad SMARTS) is 1. The molecule has 0 amide bonds. The second-order valence-electron chi connectivity index (χ2n) is 19.5. The molecule has 4 atom stereocenters. The van der Waals surface area contributed by atoms with Crippen LogP contribution in [0.15, 0.2) is 0 Å². The maximum Gasteiger partial charge on any atom is 0.351 e. The van der Waals surface area contributed by atoms with Gasteiger partial charge in [-0.05, 0) is 25.7 Å². The summed E-state index contributed by atoms with van der Waals surface area (Å²) in [4.78, 5) is 81.9. The normalized spacial score (nSPS) is 13.0. The molecule has 0 aromatic heterocycles. The monoisotopic (exact) mass is 997 g/mol. The molecule has 0 spiro atoms. The minimum atomic E-state index is -2.21. The maximum atomic E-state index is 14.0. The van der Waals surface area contributed by atoms with Crippen molar-refractivity contribution >= 4 is 35.8 Å². The molecule has 13 nitrogen and oxygen atoms in total. The van der Waals surface area contributed by atoms with Crippen LogP contribution in [-0.2, 0) is 57.2 Å². The van der Waals surface area contributed by atoms with Gasteiger partial charge in [0, 0.05) is 32.8 Å². The molecule has 0 saturated carbocycles. The van der Waals surface area contributed by atoms with Crippen LogP contribution < -0.4 is 0 Å². The van der Waals surface area contributed by atoms with E-state index in [0.717, 1.165) is 122 Å². The van der Waals surface area contributed by atoms with Crippen molar-refractivity contribution in [1.29, 1.82) is 0 Å². The molecule has 0 heterocycles. The molecule has 0 aliphatic heterocycles. The van der Waals surface area contributed by atoms with Crippen molar-refractivity contribution in [2.45, 2.75) is 309 Å². The summed E-state index contributed by atoms with van der Waals surface area (Å²) in [6.45, 7) is 8.43. The molecule has 0 fully saturated rings. The van der Waals surface area contributed by atoms with Crippen LogP contribution in [0.4, 0.5) is 0 Å². The average Bonchev–Trinajstić information content (AvgIpc) is 3.34. The highest BCUT2D eigenvalue weighted by molar-refractivity contribution is 5.83. The lowest BCUT2D eigenvalue weighted by molar-refractivity contribution is -0.210. The highest BCUT2D eigenvalue weighted by Gasteiger charge is 2.50. The summed E-state index contributed by atoms with van der Waals surface area (Å²) in [5, 5.41) is 10.7. The first kappa shape index (κ1) is 66.8. The first-order chi connectivity index (χ1) is 34.1. The highest BCUT2D eigenvalue weighted by Crippen LogP contribution is 2.25. The van der Waals surface area contributed by atoms with Crippen LogP contribution >= 0.6 is 0 Å². The second-order valence-corrected chi connectivity index (χ2v) is 19.5. The van der Waals surface area contributed by atoms with Gasteiger partial charge in [-0.25, -0.2) is 9.59 Å². The molecule has 0 bridgehead atoms. The van der Waals surface area contributed by atoms with E-state index in [0.29, 0.717) is 25.7 Å². The fourth-order valence-electron chi connectivity index (χ4n) is 8.56. The van der Waals surface area contributed by atoms with Gasteiger partial charge in [-0.15, -0.1) is 0 Å². The summed E-state index contributed by atoms with van der Waals surface area (Å²) in [5.74, 6) is -6.14. The molecular weight excluding hydrogens is 893 g/mol. The van der Waals surface area contributed by atoms with E-state index in [4.69, 9.17) is 28.4 Å². The van der Waals surface area contributed by atoms with Crippen molar-refractivity contribution in [2.24, 2.45) is 0 Å². The van der Waals surface area contributed by atoms with Gasteiger partial charge in [0.1, 0.15) is 6.61 Å². The van der Waals surface area contributed by atoms with Gasteiger partial charge < -0.3 is 33.5 Å². The molecule has 0 aromatic rings. The molecule has 1 N–H and O–H groups in total. The van der Waals surface area contributed by atoms with E-state index in [2.05, 4.69) is 27.7 Å². The summed E-state index contributed by atoms with van der Waals surface area (Å²) in [6, 6.07) is 0. The van der Waals surface area contributed by atoms with Gasteiger partial charge in [0.25, 0.3) is 0 Å². The van der Waals surface area contributed by atoms with Gasteiger partial charge in [-0.2, -0.15) is 0 Å². The predicted octanol–water partition coefficient (Wildman–Crippen LogP) is 14.6. The van der Waals surface area contributed by atoms with Crippen molar-refractivity contribution in [3.05, 3.63) is 0 Å². The number of carboxylic acids is 1. The highest BCUT2D eigenvalue weighted by atomic mass is 16.7. The number of unbranched alkanes of at least 4 members (excludes halogenated alkanes) is 32. The standard InChI is InChI=1S/C57H104O13/c1-6-10-14-18-22-26-30-34-38-42-48(58)67-52(54(56(62)63)69-50(60)44-40-36-32-28-24-20-16-12-8-3)53(68-49(59)43-39-35-31-27-23-19-15-11-7-2)55(57(64)66-47-46-65-5)70-51(61)45-41-37-33-29-25-21-17-13-9-4/h52-55H,6-47H2,1-5H3,(H,62,63)/t52-,53+,54-,55+/m1/s1. The Balaban J connectivity index is 6.66. The van der Waals surface area contributed by atoms with Crippen molar-refractivity contribution in [3.63, 3.8) is 0 Å². The quantitative estimate of drug-likeness (QED) is 0.0346. The Morgan fingerprint density at radius 3 is 0.843 bits per heavy atom. The molecule has 410 valence electrons. The summed E-state index contributed by atoms with van der Waals surface area (Å²) in [5.41, 5.74) is 0. The van der Waals surface area contributed by atoms with Gasteiger partial charge in [0.2, 0.25) is 12.2 Å². The van der Waals surface area contributed by atoms with E-state index >= 15 is 0 Å². The van der Waals surface area contributed by atoms with E-state index in [1.54, 1.807) is 0 Å². The Hall–Kier alpha value is -3.22. The number of hydrogen-bond acceptors (Lipinski definition) is 12. The summed E-state index contributed by atoms with van der Waals surface area (Å²) in [6.07, 6.45) is 27.1. The van der Waals surface area contributed by atoms with E-state index in [1.165, 1.54) is 90.6 Å². The molecule has 0 rings (SSSR count). The number of methoxy groups -OCH3 is 1. The molecule has 13 heteroatoms. The fraction of sp³-hybridized carbons (Fsp3) is 0.895. The molecule has 0 unspecified atom stereocenters. The number of carbonyl (C=O) groups excluding carboxylic acids is 5. The number of rotatable bonds is 52. The minimum absolute atomic E-state index is 0.0146. The summed E-state index contributed by atoms with van der Waals surface area (Å²) >= 11 is 0. The van der Waals surface area contributed by atoms with E-state index in [1.807, 2.05) is 0 Å². The number of ether oxygens (including phenoxy) is 6. The third-order valence-electron chi connectivity index (χ3n) is 12.9. The van der Waals surface area contributed by atoms with Gasteiger partial charge in [-0.1, -0.05) is 233 Å². The molecule has 0 aromatic carbocycles. The largest absolute Gasteiger partial charge is 0.478 e. The van der Waals surface area contributed by atoms with Crippen LogP contribution in [0.3, 0.4) is 0 Å². The molecule has 0 saturated heterocycles. The first-order valence-corrected chi connectivity index (χ1v) is 28.7. The molecule has 0 radical (unpaired) electrons. The van der Waals surface area contributed by atoms with Crippen LogP contribution in [0.1, 0.15) is 285 Å². The van der Waals surface area contributed by atoms with Gasteiger partial charge >= 0.3 is 35.8 Å². The third kappa shape index (κ3) is 39.4. The molecular formula is C57H104O13. The average molecular weight is 997 g/mol. The Bertz CT molecular complexity index is 1290. The molecule has 0 aliphatic carbocycles. The maximum absolute atomic E-state index is 14.0. The van der Waals surface area contributed by atoms with Crippen molar-refractivity contribution in [3.8, 4) is 0 Å². The molecule has 70 heavy (non-hydrogen) atoms. The summed E-state index contributed by atoms with van der Waals surface area (Å²) < 4.78 is 33.8. The Kier molecular flexibility index (Phi) is 47.1. The van der Waals surface area contributed by atoms with Crippen LogP contribution in [0, 0.1) is 0 Å². The number of aliphatic carboxylic acids is 1. The van der Waals surface area contributed by atoms with Crippen molar-refractivity contribution in [1.82, 2.24) is 0 Å². The van der Waals surface area contributed by atoms with E-state index in [-0.39, 0.29) is 38.9 Å². The van der Waals surface area contributed by atoms with Crippen LogP contribution in [0.25, 0.3) is 0 Å². The Labute approximate surface area is 426 Å². The molecule has 0 aliphatic rings. The predicted molar refractivity (Wildman–Crippen MR) is 277 cm³/mol. The van der Waals surface area contributed by atoms with Crippen molar-refractivity contribution < 1.29 is 62.3 Å². The second kappa shape index (κ2) is 49.4. The number of esters is 5.